The summed E-state index contributed by atoms with van der Waals surface area (Å²) in [6, 6.07) is 13.0. The molecule has 1 aromatic carbocycles. The third kappa shape index (κ3) is 3.23. The molecule has 1 aliphatic rings. The van der Waals surface area contributed by atoms with Gasteiger partial charge in [0.15, 0.2) is 0 Å². The zero-order chi connectivity index (χ0) is 13.8. The number of rotatable bonds is 3. The first-order valence-electron chi connectivity index (χ1n) is 7.22. The number of hydrogen-bond donors (Lipinski definition) is 1. The predicted molar refractivity (Wildman–Crippen MR) is 78.3 cm³/mol. The lowest BCUT2D eigenvalue weighted by Crippen LogP contribution is -2.27. The average Bonchev–Trinajstić information content (AvgIpc) is 2.48. The lowest BCUT2D eigenvalue weighted by molar-refractivity contribution is 0.452. The molecule has 0 bridgehead atoms. The smallest absolute Gasteiger partial charge is 0.123 e. The van der Waals surface area contributed by atoms with Crippen LogP contribution in [0.4, 0.5) is 4.39 Å². The van der Waals surface area contributed by atoms with E-state index in [9.17, 15) is 4.39 Å². The summed E-state index contributed by atoms with van der Waals surface area (Å²) < 4.78 is 13.2. The van der Waals surface area contributed by atoms with Gasteiger partial charge in [0.2, 0.25) is 0 Å². The molecular weight excluding hydrogens is 251 g/mol. The Balaban J connectivity index is 1.77. The van der Waals surface area contributed by atoms with Gasteiger partial charge in [-0.2, -0.15) is 0 Å². The minimum Gasteiger partial charge on any atom is -0.317 e. The van der Waals surface area contributed by atoms with Gasteiger partial charge < -0.3 is 5.32 Å². The molecule has 2 aromatic rings. The van der Waals surface area contributed by atoms with Crippen LogP contribution in [0.3, 0.4) is 0 Å². The van der Waals surface area contributed by atoms with Gasteiger partial charge in [-0.05, 0) is 55.8 Å². The van der Waals surface area contributed by atoms with E-state index in [4.69, 9.17) is 4.98 Å². The highest BCUT2D eigenvalue weighted by atomic mass is 19.1. The van der Waals surface area contributed by atoms with Gasteiger partial charge in [0.05, 0.1) is 0 Å². The molecule has 2 nitrogen and oxygen atoms in total. The van der Waals surface area contributed by atoms with E-state index in [1.807, 2.05) is 12.1 Å². The van der Waals surface area contributed by atoms with Crippen molar-refractivity contribution in [2.75, 3.05) is 13.1 Å². The van der Waals surface area contributed by atoms with Crippen molar-refractivity contribution < 1.29 is 4.39 Å². The van der Waals surface area contributed by atoms with Gasteiger partial charge in [-0.3, -0.25) is 4.98 Å². The fourth-order valence-electron chi connectivity index (χ4n) is 2.80. The standard InChI is InChI=1S/C17H19FN2/c18-15-4-1-3-13(11-15)12-16-5-2-6-17(20-16)14-7-9-19-10-8-14/h1-6,11,14,19H,7-10,12H2. The van der Waals surface area contributed by atoms with Crippen LogP contribution in [0.2, 0.25) is 0 Å². The summed E-state index contributed by atoms with van der Waals surface area (Å²) >= 11 is 0. The summed E-state index contributed by atoms with van der Waals surface area (Å²) in [6.45, 7) is 2.14. The van der Waals surface area contributed by atoms with Gasteiger partial charge in [0.25, 0.3) is 0 Å². The lowest BCUT2D eigenvalue weighted by Gasteiger charge is -2.22. The minimum absolute atomic E-state index is 0.183. The van der Waals surface area contributed by atoms with E-state index in [2.05, 4.69) is 17.4 Å². The maximum Gasteiger partial charge on any atom is 0.123 e. The molecule has 0 radical (unpaired) electrons. The molecule has 1 aromatic heterocycles. The van der Waals surface area contributed by atoms with Crippen molar-refractivity contribution in [2.24, 2.45) is 0 Å². The first kappa shape index (κ1) is 13.3. The first-order chi connectivity index (χ1) is 9.81. The highest BCUT2D eigenvalue weighted by Gasteiger charge is 2.16. The highest BCUT2D eigenvalue weighted by Crippen LogP contribution is 2.23. The van der Waals surface area contributed by atoms with Gasteiger partial charge in [-0.25, -0.2) is 4.39 Å². The molecule has 1 saturated heterocycles. The molecule has 3 rings (SSSR count). The number of hydrogen-bond acceptors (Lipinski definition) is 2. The minimum atomic E-state index is -0.183. The fourth-order valence-corrected chi connectivity index (χ4v) is 2.80. The summed E-state index contributed by atoms with van der Waals surface area (Å²) in [5, 5.41) is 3.38. The second kappa shape index (κ2) is 6.14. The van der Waals surface area contributed by atoms with Crippen LogP contribution in [0, 0.1) is 5.82 Å². The molecule has 0 aliphatic carbocycles. The van der Waals surface area contributed by atoms with Crippen LogP contribution in [0.5, 0.6) is 0 Å². The van der Waals surface area contributed by atoms with Crippen LogP contribution in [0.25, 0.3) is 0 Å². The zero-order valence-corrected chi connectivity index (χ0v) is 11.5. The maximum atomic E-state index is 13.2. The molecule has 104 valence electrons. The Morgan fingerprint density at radius 2 is 1.90 bits per heavy atom. The van der Waals surface area contributed by atoms with Crippen LogP contribution in [-0.2, 0) is 6.42 Å². The Hall–Kier alpha value is -1.74. The third-order valence-corrected chi connectivity index (χ3v) is 3.86. The third-order valence-electron chi connectivity index (χ3n) is 3.86. The second-order valence-corrected chi connectivity index (χ2v) is 5.38. The van der Waals surface area contributed by atoms with Gasteiger partial charge in [0.1, 0.15) is 5.82 Å². The molecule has 0 amide bonds. The van der Waals surface area contributed by atoms with E-state index in [-0.39, 0.29) is 5.82 Å². The number of nitrogens with one attached hydrogen (secondary N) is 1. The number of pyridine rings is 1. The highest BCUT2D eigenvalue weighted by molar-refractivity contribution is 5.24. The van der Waals surface area contributed by atoms with Crippen LogP contribution in [0.1, 0.15) is 35.7 Å². The van der Waals surface area contributed by atoms with Crippen molar-refractivity contribution in [3.8, 4) is 0 Å². The Morgan fingerprint density at radius 3 is 2.70 bits per heavy atom. The second-order valence-electron chi connectivity index (χ2n) is 5.38. The Morgan fingerprint density at radius 1 is 1.10 bits per heavy atom. The average molecular weight is 270 g/mol. The molecule has 0 unspecified atom stereocenters. The summed E-state index contributed by atoms with van der Waals surface area (Å²) in [4.78, 5) is 4.77. The van der Waals surface area contributed by atoms with E-state index in [1.165, 1.54) is 11.8 Å². The number of aromatic nitrogens is 1. The normalized spacial score (nSPS) is 16.2. The van der Waals surface area contributed by atoms with Crippen LogP contribution >= 0.6 is 0 Å². The zero-order valence-electron chi connectivity index (χ0n) is 11.5. The summed E-state index contributed by atoms with van der Waals surface area (Å²) in [5.74, 6) is 0.376. The summed E-state index contributed by atoms with van der Waals surface area (Å²) in [7, 11) is 0. The molecule has 1 N–H and O–H groups in total. The molecule has 0 saturated carbocycles. The van der Waals surface area contributed by atoms with E-state index in [0.29, 0.717) is 12.3 Å². The molecule has 1 aliphatic heterocycles. The first-order valence-corrected chi connectivity index (χ1v) is 7.22. The largest absolute Gasteiger partial charge is 0.317 e. The Bertz CT molecular complexity index is 577. The SMILES string of the molecule is Fc1cccc(Cc2cccc(C3CCNCC3)n2)c1. The van der Waals surface area contributed by atoms with Gasteiger partial charge in [-0.1, -0.05) is 18.2 Å². The maximum absolute atomic E-state index is 13.2. The number of benzene rings is 1. The predicted octanol–water partition coefficient (Wildman–Crippen LogP) is 3.28. The number of piperidine rings is 1. The van der Waals surface area contributed by atoms with Crippen molar-refractivity contribution in [1.82, 2.24) is 10.3 Å². The summed E-state index contributed by atoms with van der Waals surface area (Å²) in [5.41, 5.74) is 3.17. The van der Waals surface area contributed by atoms with Crippen molar-refractivity contribution in [3.05, 3.63) is 65.2 Å². The summed E-state index contributed by atoms with van der Waals surface area (Å²) in [6.07, 6.45) is 2.99. The lowest BCUT2D eigenvalue weighted by atomic mass is 9.94. The molecule has 0 spiro atoms. The van der Waals surface area contributed by atoms with Gasteiger partial charge in [0, 0.05) is 23.7 Å². The van der Waals surface area contributed by atoms with Gasteiger partial charge in [-0.15, -0.1) is 0 Å². The van der Waals surface area contributed by atoms with E-state index in [0.717, 1.165) is 37.2 Å². The monoisotopic (exact) mass is 270 g/mol. The quantitative estimate of drug-likeness (QED) is 0.926. The molecule has 2 heterocycles. The van der Waals surface area contributed by atoms with E-state index < -0.39 is 0 Å². The molecule has 1 fully saturated rings. The van der Waals surface area contributed by atoms with E-state index in [1.54, 1.807) is 12.1 Å². The van der Waals surface area contributed by atoms with Crippen LogP contribution < -0.4 is 5.32 Å². The molecule has 20 heavy (non-hydrogen) atoms. The van der Waals surface area contributed by atoms with Crippen molar-refractivity contribution >= 4 is 0 Å². The van der Waals surface area contributed by atoms with E-state index >= 15 is 0 Å². The Kier molecular flexibility index (Phi) is 4.07. The topological polar surface area (TPSA) is 24.9 Å². The molecule has 0 atom stereocenters. The van der Waals surface area contributed by atoms with Crippen molar-refractivity contribution in [2.45, 2.75) is 25.2 Å². The Labute approximate surface area is 119 Å². The number of nitrogens with zero attached hydrogens (tertiary/aromatic N) is 1. The molecular formula is C17H19FN2. The van der Waals surface area contributed by atoms with Crippen LogP contribution in [0.15, 0.2) is 42.5 Å². The molecule has 3 heteroatoms. The number of halogens is 1. The van der Waals surface area contributed by atoms with Crippen molar-refractivity contribution in [1.29, 1.82) is 0 Å². The van der Waals surface area contributed by atoms with Crippen LogP contribution in [-0.4, -0.2) is 18.1 Å². The van der Waals surface area contributed by atoms with Crippen molar-refractivity contribution in [3.63, 3.8) is 0 Å². The fraction of sp³-hybridized carbons (Fsp3) is 0.353. The van der Waals surface area contributed by atoms with Gasteiger partial charge >= 0.3 is 0 Å².